The highest BCUT2D eigenvalue weighted by atomic mass is 16.5. The predicted octanol–water partition coefficient (Wildman–Crippen LogP) is 7.58. The molecule has 172 valence electrons. The second-order valence-electron chi connectivity index (χ2n) is 8.39. The van der Waals surface area contributed by atoms with Gasteiger partial charge in [0.05, 0.1) is 17.9 Å². The molecule has 0 bridgehead atoms. The molecule has 1 heterocycles. The van der Waals surface area contributed by atoms with Crippen molar-refractivity contribution in [2.24, 2.45) is 0 Å². The number of carbonyl (C=O) groups excluding carboxylic acids is 1. The van der Waals surface area contributed by atoms with Gasteiger partial charge in [-0.05, 0) is 53.9 Å². The summed E-state index contributed by atoms with van der Waals surface area (Å²) in [6, 6.07) is 41.5. The van der Waals surface area contributed by atoms with E-state index in [4.69, 9.17) is 4.74 Å². The maximum absolute atomic E-state index is 12.2. The highest BCUT2D eigenvalue weighted by molar-refractivity contribution is 5.89. The summed E-state index contributed by atoms with van der Waals surface area (Å²) in [5.74, 6) is -0.302. The summed E-state index contributed by atoms with van der Waals surface area (Å²) in [7, 11) is 0. The van der Waals surface area contributed by atoms with Crippen LogP contribution in [0, 0.1) is 0 Å². The lowest BCUT2D eigenvalue weighted by Gasteiger charge is -2.16. The Hall–Kier alpha value is -4.37. The average Bonchev–Trinajstić information content (AvgIpc) is 3.29. The van der Waals surface area contributed by atoms with Gasteiger partial charge in [-0.3, -0.25) is 0 Å². The molecular formula is C32H27NO2. The van der Waals surface area contributed by atoms with Crippen LogP contribution in [-0.2, 0) is 11.2 Å². The normalized spacial score (nSPS) is 10.8. The summed E-state index contributed by atoms with van der Waals surface area (Å²) in [6.07, 6.45) is 0.775. The molecule has 3 nitrogen and oxygen atoms in total. The smallest absolute Gasteiger partial charge is 0.338 e. The van der Waals surface area contributed by atoms with Crippen molar-refractivity contribution in [2.45, 2.75) is 13.3 Å². The summed E-state index contributed by atoms with van der Waals surface area (Å²) in [6.45, 7) is 2.18. The lowest BCUT2D eigenvalue weighted by molar-refractivity contribution is 0.0526. The van der Waals surface area contributed by atoms with Gasteiger partial charge in [-0.25, -0.2) is 4.79 Å². The van der Waals surface area contributed by atoms with Crippen molar-refractivity contribution < 1.29 is 9.53 Å². The summed E-state index contributed by atoms with van der Waals surface area (Å²) in [5.41, 5.74) is 8.62. The third kappa shape index (κ3) is 4.80. The number of rotatable bonds is 7. The second-order valence-corrected chi connectivity index (χ2v) is 8.39. The molecule has 5 rings (SSSR count). The zero-order valence-corrected chi connectivity index (χ0v) is 19.7. The van der Waals surface area contributed by atoms with E-state index >= 15 is 0 Å². The van der Waals surface area contributed by atoms with Crippen LogP contribution in [0.3, 0.4) is 0 Å². The predicted molar refractivity (Wildman–Crippen MR) is 142 cm³/mol. The van der Waals surface area contributed by atoms with Crippen LogP contribution in [0.15, 0.2) is 121 Å². The molecule has 0 fully saturated rings. The van der Waals surface area contributed by atoms with E-state index in [1.807, 2.05) is 49.4 Å². The lowest BCUT2D eigenvalue weighted by Crippen LogP contribution is -2.07. The first-order chi connectivity index (χ1) is 17.2. The van der Waals surface area contributed by atoms with Crippen LogP contribution in [0.2, 0.25) is 0 Å². The molecule has 0 N–H and O–H groups in total. The molecule has 35 heavy (non-hydrogen) atoms. The number of hydrogen-bond acceptors (Lipinski definition) is 2. The van der Waals surface area contributed by atoms with Crippen molar-refractivity contribution >= 4 is 5.97 Å². The van der Waals surface area contributed by atoms with Crippen molar-refractivity contribution in [3.05, 3.63) is 138 Å². The standard InChI is InChI=1S/C32H27NO2/c1-2-35-32(34)27-18-20-28(21-19-27)33-30(26-16-10-5-11-17-26)23-29(25-14-8-4-9-15-25)31(33)22-24-12-6-3-7-13-24/h3-21,23H,2,22H2,1H3. The molecule has 4 aromatic carbocycles. The lowest BCUT2D eigenvalue weighted by atomic mass is 10.0. The fourth-order valence-corrected chi connectivity index (χ4v) is 4.46. The number of benzene rings is 4. The zero-order valence-electron chi connectivity index (χ0n) is 19.7. The maximum atomic E-state index is 12.2. The van der Waals surface area contributed by atoms with Gasteiger partial charge in [-0.15, -0.1) is 0 Å². The quantitative estimate of drug-likeness (QED) is 0.236. The number of nitrogens with zero attached hydrogens (tertiary/aromatic N) is 1. The van der Waals surface area contributed by atoms with Crippen molar-refractivity contribution in [1.82, 2.24) is 4.57 Å². The van der Waals surface area contributed by atoms with Gasteiger partial charge < -0.3 is 9.30 Å². The van der Waals surface area contributed by atoms with E-state index in [-0.39, 0.29) is 5.97 Å². The number of carbonyl (C=O) groups is 1. The van der Waals surface area contributed by atoms with Crippen LogP contribution in [0.4, 0.5) is 0 Å². The Morgan fingerprint density at radius 2 is 1.29 bits per heavy atom. The third-order valence-electron chi connectivity index (χ3n) is 6.11. The van der Waals surface area contributed by atoms with Crippen LogP contribution < -0.4 is 0 Å². The molecule has 0 saturated heterocycles. The molecule has 0 aliphatic rings. The Kier molecular flexibility index (Phi) is 6.58. The summed E-state index contributed by atoms with van der Waals surface area (Å²) in [5, 5.41) is 0. The summed E-state index contributed by atoms with van der Waals surface area (Å²) >= 11 is 0. The Morgan fingerprint density at radius 1 is 0.714 bits per heavy atom. The van der Waals surface area contributed by atoms with Crippen LogP contribution in [0.25, 0.3) is 28.1 Å². The first-order valence-corrected chi connectivity index (χ1v) is 11.9. The highest BCUT2D eigenvalue weighted by Crippen LogP contribution is 2.36. The average molecular weight is 458 g/mol. The van der Waals surface area contributed by atoms with E-state index in [2.05, 4.69) is 83.4 Å². The largest absolute Gasteiger partial charge is 0.462 e. The third-order valence-corrected chi connectivity index (χ3v) is 6.11. The van der Waals surface area contributed by atoms with Crippen molar-refractivity contribution in [2.75, 3.05) is 6.61 Å². The highest BCUT2D eigenvalue weighted by Gasteiger charge is 2.20. The molecule has 0 amide bonds. The Balaban J connectivity index is 1.73. The number of aromatic nitrogens is 1. The van der Waals surface area contributed by atoms with Crippen molar-refractivity contribution in [3.8, 4) is 28.1 Å². The minimum Gasteiger partial charge on any atom is -0.462 e. The molecule has 0 radical (unpaired) electrons. The molecule has 0 aliphatic heterocycles. The van der Waals surface area contributed by atoms with Crippen LogP contribution in [-0.4, -0.2) is 17.1 Å². The van der Waals surface area contributed by atoms with Gasteiger partial charge in [0.2, 0.25) is 0 Å². The topological polar surface area (TPSA) is 31.2 Å². The minimum atomic E-state index is -0.302. The second kappa shape index (κ2) is 10.3. The first kappa shape index (κ1) is 22.4. The number of hydrogen-bond donors (Lipinski definition) is 0. The van der Waals surface area contributed by atoms with Gasteiger partial charge in [-0.1, -0.05) is 91.0 Å². The first-order valence-electron chi connectivity index (χ1n) is 11.9. The number of ether oxygens (including phenoxy) is 1. The van der Waals surface area contributed by atoms with E-state index in [1.54, 1.807) is 0 Å². The summed E-state index contributed by atoms with van der Waals surface area (Å²) in [4.78, 5) is 12.2. The van der Waals surface area contributed by atoms with E-state index in [1.165, 1.54) is 22.4 Å². The molecule has 1 aromatic heterocycles. The van der Waals surface area contributed by atoms with Gasteiger partial charge in [-0.2, -0.15) is 0 Å². The molecule has 0 spiro atoms. The Bertz CT molecular complexity index is 1400. The molecular weight excluding hydrogens is 430 g/mol. The van der Waals surface area contributed by atoms with Crippen molar-refractivity contribution in [1.29, 1.82) is 0 Å². The number of esters is 1. The summed E-state index contributed by atoms with van der Waals surface area (Å²) < 4.78 is 7.50. The van der Waals surface area contributed by atoms with Gasteiger partial charge in [0.1, 0.15) is 0 Å². The molecule has 0 saturated carbocycles. The van der Waals surface area contributed by atoms with Crippen LogP contribution in [0.1, 0.15) is 28.5 Å². The zero-order chi connectivity index (χ0) is 24.0. The van der Waals surface area contributed by atoms with E-state index in [9.17, 15) is 4.79 Å². The monoisotopic (exact) mass is 457 g/mol. The van der Waals surface area contributed by atoms with Gasteiger partial charge in [0, 0.05) is 23.4 Å². The maximum Gasteiger partial charge on any atom is 0.338 e. The minimum absolute atomic E-state index is 0.302. The van der Waals surface area contributed by atoms with Gasteiger partial charge >= 0.3 is 5.97 Å². The SMILES string of the molecule is CCOC(=O)c1ccc(-n2c(-c3ccccc3)cc(-c3ccccc3)c2Cc2ccccc2)cc1. The van der Waals surface area contributed by atoms with E-state index in [0.717, 1.165) is 23.4 Å². The van der Waals surface area contributed by atoms with Gasteiger partial charge in [0.25, 0.3) is 0 Å². The van der Waals surface area contributed by atoms with Crippen molar-refractivity contribution in [3.63, 3.8) is 0 Å². The fraction of sp³-hybridized carbons (Fsp3) is 0.0938. The molecule has 0 atom stereocenters. The Morgan fingerprint density at radius 3 is 1.89 bits per heavy atom. The molecule has 3 heteroatoms. The molecule has 0 unspecified atom stereocenters. The van der Waals surface area contributed by atoms with E-state index in [0.29, 0.717) is 12.2 Å². The molecule has 5 aromatic rings. The molecule has 0 aliphatic carbocycles. The van der Waals surface area contributed by atoms with Crippen LogP contribution in [0.5, 0.6) is 0 Å². The van der Waals surface area contributed by atoms with Gasteiger partial charge in [0.15, 0.2) is 0 Å². The van der Waals surface area contributed by atoms with Crippen LogP contribution >= 0.6 is 0 Å². The fourth-order valence-electron chi connectivity index (χ4n) is 4.46. The van der Waals surface area contributed by atoms with E-state index < -0.39 is 0 Å². The Labute approximate surface area is 206 Å².